The summed E-state index contributed by atoms with van der Waals surface area (Å²) >= 11 is 1.38. The number of aromatic nitrogens is 1. The highest BCUT2D eigenvalue weighted by molar-refractivity contribution is 7.98. The normalized spacial score (nSPS) is 20.1. The van der Waals surface area contributed by atoms with Crippen LogP contribution in [0.4, 0.5) is 8.78 Å². The Labute approximate surface area is 230 Å². The van der Waals surface area contributed by atoms with Crippen LogP contribution in [0.3, 0.4) is 0 Å². The van der Waals surface area contributed by atoms with E-state index in [0.717, 1.165) is 22.6 Å². The first-order valence-corrected chi connectivity index (χ1v) is 14.2. The highest BCUT2D eigenvalue weighted by atomic mass is 32.2. The standard InChI is InChI=1S/C27H23F2N4O4SSi/c28-18-6-5-15-17(23(18)29)14-38-20-4-2-1-3-16(20)24(15)33-21-13-30(22(35)8-12-39)10-11-31(21)27(37)25-26(36)19(34)7-9-32(25)33/h1-7,9,21,24,36H,8,10-14H2. The number of pyridine rings is 1. The Morgan fingerprint density at radius 1 is 1.08 bits per heavy atom. The van der Waals surface area contributed by atoms with Crippen LogP contribution >= 0.6 is 11.8 Å². The van der Waals surface area contributed by atoms with Gasteiger partial charge in [0.1, 0.15) is 6.17 Å². The molecule has 6 rings (SSSR count). The molecule has 39 heavy (non-hydrogen) atoms. The molecule has 3 aliphatic rings. The minimum absolute atomic E-state index is 0.0871. The van der Waals surface area contributed by atoms with Crippen LogP contribution in [-0.4, -0.2) is 67.4 Å². The molecule has 3 aromatic rings. The first-order chi connectivity index (χ1) is 18.8. The van der Waals surface area contributed by atoms with E-state index in [9.17, 15) is 23.9 Å². The lowest BCUT2D eigenvalue weighted by molar-refractivity contribution is -0.133. The third-order valence-corrected chi connectivity index (χ3v) is 8.86. The molecule has 8 nitrogen and oxygen atoms in total. The summed E-state index contributed by atoms with van der Waals surface area (Å²) in [6.07, 6.45) is 0.963. The molecule has 0 spiro atoms. The van der Waals surface area contributed by atoms with Gasteiger partial charge in [-0.25, -0.2) is 8.78 Å². The number of hydrogen-bond acceptors (Lipinski definition) is 6. The lowest BCUT2D eigenvalue weighted by Crippen LogP contribution is -2.69. The highest BCUT2D eigenvalue weighted by Crippen LogP contribution is 2.45. The Kier molecular flexibility index (Phi) is 6.46. The van der Waals surface area contributed by atoms with Gasteiger partial charge < -0.3 is 14.9 Å². The van der Waals surface area contributed by atoms with Crippen molar-refractivity contribution in [2.75, 3.05) is 24.6 Å². The first kappa shape index (κ1) is 25.6. The van der Waals surface area contributed by atoms with Crippen molar-refractivity contribution < 1.29 is 23.5 Å². The molecule has 1 saturated heterocycles. The van der Waals surface area contributed by atoms with E-state index in [-0.39, 0.29) is 49.0 Å². The molecule has 1 fully saturated rings. The fourth-order valence-corrected chi connectivity index (χ4v) is 6.98. The molecule has 3 radical (unpaired) electrons. The summed E-state index contributed by atoms with van der Waals surface area (Å²) < 4.78 is 31.1. The third kappa shape index (κ3) is 4.04. The van der Waals surface area contributed by atoms with E-state index in [1.165, 1.54) is 27.5 Å². The van der Waals surface area contributed by atoms with Gasteiger partial charge in [0.05, 0.1) is 12.6 Å². The van der Waals surface area contributed by atoms with Crippen LogP contribution in [0.1, 0.15) is 39.6 Å². The van der Waals surface area contributed by atoms with Gasteiger partial charge in [-0.15, -0.1) is 11.8 Å². The van der Waals surface area contributed by atoms with Crippen LogP contribution < -0.4 is 10.4 Å². The Balaban J connectivity index is 1.62. The Hall–Kier alpha value is -3.64. The topological polar surface area (TPSA) is 86.1 Å². The van der Waals surface area contributed by atoms with Crippen LogP contribution in [0.5, 0.6) is 5.75 Å². The molecule has 12 heteroatoms. The lowest BCUT2D eigenvalue weighted by atomic mass is 9.93. The van der Waals surface area contributed by atoms with Crippen molar-refractivity contribution in [1.82, 2.24) is 14.5 Å². The van der Waals surface area contributed by atoms with Crippen LogP contribution in [0.15, 0.2) is 58.4 Å². The molecule has 2 aromatic carbocycles. The number of aromatic hydroxyl groups is 1. The summed E-state index contributed by atoms with van der Waals surface area (Å²) in [5, 5.41) is 12.6. The van der Waals surface area contributed by atoms with Gasteiger partial charge in [-0.05, 0) is 23.3 Å². The number of amides is 2. The minimum Gasteiger partial charge on any atom is -0.502 e. The molecule has 0 saturated carbocycles. The van der Waals surface area contributed by atoms with Crippen molar-refractivity contribution in [1.29, 1.82) is 0 Å². The lowest BCUT2D eigenvalue weighted by Gasteiger charge is -2.53. The number of piperazine rings is 1. The fourth-order valence-electron chi connectivity index (χ4n) is 5.65. The van der Waals surface area contributed by atoms with Gasteiger partial charge >= 0.3 is 0 Å². The molecule has 2 amide bonds. The van der Waals surface area contributed by atoms with E-state index in [1.807, 2.05) is 24.3 Å². The summed E-state index contributed by atoms with van der Waals surface area (Å²) in [6, 6.07) is 11.0. The second-order valence-corrected chi connectivity index (χ2v) is 11.1. The maximum absolute atomic E-state index is 15.3. The van der Waals surface area contributed by atoms with Gasteiger partial charge in [0.15, 0.2) is 23.1 Å². The summed E-state index contributed by atoms with van der Waals surface area (Å²) in [5.41, 5.74) is 0.559. The number of nitrogens with zero attached hydrogens (tertiary/aromatic N) is 4. The van der Waals surface area contributed by atoms with Crippen molar-refractivity contribution in [3.63, 3.8) is 0 Å². The molecule has 3 aliphatic heterocycles. The van der Waals surface area contributed by atoms with E-state index in [0.29, 0.717) is 11.6 Å². The number of hydrogen-bond donors (Lipinski definition) is 1. The summed E-state index contributed by atoms with van der Waals surface area (Å²) in [6.45, 7) is 0.601. The maximum atomic E-state index is 15.3. The van der Waals surface area contributed by atoms with Crippen LogP contribution in [0.2, 0.25) is 6.04 Å². The van der Waals surface area contributed by atoms with Crippen molar-refractivity contribution in [2.45, 2.75) is 35.3 Å². The molecular weight excluding hydrogens is 542 g/mol. The smallest absolute Gasteiger partial charge is 0.278 e. The van der Waals surface area contributed by atoms with E-state index >= 15 is 4.39 Å². The third-order valence-electron chi connectivity index (χ3n) is 7.49. The minimum atomic E-state index is -0.958. The SMILES string of the molecule is O=C(CC[Si])N1CCN2C(=O)c3c(O)c(=O)ccn3N(C3c4ccccc4SCc4c3ccc(F)c4F)C2C1. The number of halogens is 2. The molecule has 1 N–H and O–H groups in total. The maximum Gasteiger partial charge on any atom is 0.278 e. The van der Waals surface area contributed by atoms with Crippen molar-refractivity contribution >= 4 is 33.8 Å². The second kappa shape index (κ2) is 9.83. The van der Waals surface area contributed by atoms with E-state index in [2.05, 4.69) is 10.2 Å². The van der Waals surface area contributed by atoms with Gasteiger partial charge in [-0.3, -0.25) is 24.1 Å². The van der Waals surface area contributed by atoms with Gasteiger partial charge in [-0.1, -0.05) is 30.3 Å². The average Bonchev–Trinajstić information content (AvgIpc) is 3.10. The molecular formula is C27H23F2N4O4SSi. The quantitative estimate of drug-likeness (QED) is 0.492. The molecule has 1 aromatic heterocycles. The molecule has 0 aliphatic carbocycles. The molecule has 2 atom stereocenters. The summed E-state index contributed by atoms with van der Waals surface area (Å²) in [5.74, 6) is -3.03. The zero-order valence-electron chi connectivity index (χ0n) is 20.6. The van der Waals surface area contributed by atoms with E-state index in [1.54, 1.807) is 16.0 Å². The number of carbonyl (C=O) groups excluding carboxylic acids is 2. The average molecular weight is 566 g/mol. The van der Waals surface area contributed by atoms with Crippen molar-refractivity contribution in [2.24, 2.45) is 0 Å². The summed E-state index contributed by atoms with van der Waals surface area (Å²) in [7, 11) is 3.36. The van der Waals surface area contributed by atoms with E-state index < -0.39 is 40.9 Å². The van der Waals surface area contributed by atoms with Gasteiger partial charge in [0.25, 0.3) is 5.91 Å². The number of fused-ring (bicyclic) bond motifs is 4. The van der Waals surface area contributed by atoms with Crippen LogP contribution in [0, 0.1) is 11.6 Å². The summed E-state index contributed by atoms with van der Waals surface area (Å²) in [4.78, 5) is 43.1. The van der Waals surface area contributed by atoms with Gasteiger partial charge in [-0.2, -0.15) is 0 Å². The largest absolute Gasteiger partial charge is 0.502 e. The Bertz CT molecular complexity index is 1570. The van der Waals surface area contributed by atoms with Crippen LogP contribution in [-0.2, 0) is 10.5 Å². The Morgan fingerprint density at radius 2 is 1.87 bits per heavy atom. The molecule has 4 heterocycles. The monoisotopic (exact) mass is 565 g/mol. The molecule has 2 unspecified atom stereocenters. The van der Waals surface area contributed by atoms with Gasteiger partial charge in [0.2, 0.25) is 11.3 Å². The zero-order valence-corrected chi connectivity index (χ0v) is 22.5. The fraction of sp³-hybridized carbons (Fsp3) is 0.296. The second-order valence-electron chi connectivity index (χ2n) is 9.58. The van der Waals surface area contributed by atoms with Crippen molar-refractivity contribution in [3.8, 4) is 5.75 Å². The molecule has 199 valence electrons. The zero-order chi connectivity index (χ0) is 27.4. The molecule has 0 bridgehead atoms. The number of carbonyl (C=O) groups is 2. The number of thioether (sulfide) groups is 1. The highest BCUT2D eigenvalue weighted by Gasteiger charge is 2.47. The number of benzene rings is 2. The Morgan fingerprint density at radius 3 is 2.67 bits per heavy atom. The van der Waals surface area contributed by atoms with Crippen LogP contribution in [0.25, 0.3) is 0 Å². The van der Waals surface area contributed by atoms with Crippen molar-refractivity contribution in [3.05, 3.63) is 92.9 Å². The predicted octanol–water partition coefficient (Wildman–Crippen LogP) is 2.77. The van der Waals surface area contributed by atoms with E-state index in [4.69, 9.17) is 0 Å². The van der Waals surface area contributed by atoms with Gasteiger partial charge in [0, 0.05) is 58.2 Å². The predicted molar refractivity (Wildman–Crippen MR) is 141 cm³/mol. The number of rotatable bonds is 3. The first-order valence-electron chi connectivity index (χ1n) is 12.5.